The number of anilines is 1. The zero-order chi connectivity index (χ0) is 13.9. The Morgan fingerprint density at radius 1 is 1.44 bits per heavy atom. The highest BCUT2D eigenvalue weighted by atomic mass is 32.2. The van der Waals surface area contributed by atoms with E-state index >= 15 is 0 Å². The van der Waals surface area contributed by atoms with Gasteiger partial charge in [-0.1, -0.05) is 6.92 Å². The van der Waals surface area contributed by atoms with Gasteiger partial charge in [0, 0.05) is 12.6 Å². The molecular weight excluding hydrogens is 258 g/mol. The average molecular weight is 273 g/mol. The largest absolute Gasteiger partial charge is 0.379 e. The molecule has 1 aromatic carbocycles. The third-order valence-corrected chi connectivity index (χ3v) is 3.41. The molecule has 0 aliphatic heterocycles. The fraction of sp³-hybridized carbons (Fsp3) is 0.400. The van der Waals surface area contributed by atoms with Crippen LogP contribution in [0.5, 0.6) is 0 Å². The van der Waals surface area contributed by atoms with Crippen molar-refractivity contribution in [3.05, 3.63) is 27.8 Å². The zero-order valence-electron chi connectivity index (χ0n) is 10.1. The summed E-state index contributed by atoms with van der Waals surface area (Å²) in [6.07, 6.45) is 0.799. The monoisotopic (exact) mass is 273 g/mol. The van der Waals surface area contributed by atoms with Crippen LogP contribution in [-0.2, 0) is 10.0 Å². The molecule has 7 nitrogen and oxygen atoms in total. The molecule has 18 heavy (non-hydrogen) atoms. The fourth-order valence-corrected chi connectivity index (χ4v) is 2.32. The van der Waals surface area contributed by atoms with Gasteiger partial charge in [-0.05, 0) is 25.0 Å². The maximum absolute atomic E-state index is 11.3. The minimum Gasteiger partial charge on any atom is -0.379 e. The fourth-order valence-electron chi connectivity index (χ4n) is 1.54. The van der Waals surface area contributed by atoms with Gasteiger partial charge < -0.3 is 5.32 Å². The molecule has 1 rings (SSSR count). The number of nitro groups is 1. The van der Waals surface area contributed by atoms with E-state index < -0.39 is 14.9 Å². The Morgan fingerprint density at radius 3 is 2.50 bits per heavy atom. The maximum Gasteiger partial charge on any atom is 0.293 e. The normalized spacial score (nSPS) is 11.3. The Labute approximate surface area is 105 Å². The van der Waals surface area contributed by atoms with Gasteiger partial charge in [0.05, 0.1) is 9.82 Å². The number of benzene rings is 1. The SMILES string of the molecule is CCCNc1cc(C)c(S(N)(=O)=O)cc1[N+](=O)[O-]. The highest BCUT2D eigenvalue weighted by molar-refractivity contribution is 7.89. The number of hydrogen-bond donors (Lipinski definition) is 2. The molecule has 0 saturated heterocycles. The molecular formula is C10H15N3O4S. The van der Waals surface area contributed by atoms with Crippen LogP contribution in [0.15, 0.2) is 17.0 Å². The van der Waals surface area contributed by atoms with Gasteiger partial charge in [0.1, 0.15) is 5.69 Å². The van der Waals surface area contributed by atoms with E-state index in [1.165, 1.54) is 6.07 Å². The molecule has 0 saturated carbocycles. The standard InChI is InChI=1S/C10H15N3O4S/c1-3-4-12-8-5-7(2)10(18(11,16)17)6-9(8)13(14)15/h5-6,12H,3-4H2,1-2H3,(H2,11,16,17). The van der Waals surface area contributed by atoms with Crippen molar-refractivity contribution in [2.24, 2.45) is 5.14 Å². The molecule has 0 radical (unpaired) electrons. The minimum absolute atomic E-state index is 0.226. The van der Waals surface area contributed by atoms with E-state index in [0.717, 1.165) is 12.5 Å². The second-order valence-electron chi connectivity index (χ2n) is 3.86. The molecule has 0 bridgehead atoms. The van der Waals surface area contributed by atoms with Crippen LogP contribution in [0, 0.1) is 17.0 Å². The molecule has 0 atom stereocenters. The summed E-state index contributed by atoms with van der Waals surface area (Å²) in [5, 5.41) is 18.8. The summed E-state index contributed by atoms with van der Waals surface area (Å²) in [4.78, 5) is 10.0. The molecule has 0 unspecified atom stereocenters. The lowest BCUT2D eigenvalue weighted by Gasteiger charge is -2.09. The quantitative estimate of drug-likeness (QED) is 0.621. The molecule has 0 amide bonds. The average Bonchev–Trinajstić information content (AvgIpc) is 2.23. The summed E-state index contributed by atoms with van der Waals surface area (Å²) >= 11 is 0. The van der Waals surface area contributed by atoms with Gasteiger partial charge in [0.15, 0.2) is 0 Å². The summed E-state index contributed by atoms with van der Waals surface area (Å²) < 4.78 is 22.6. The number of nitrogens with one attached hydrogen (secondary N) is 1. The Morgan fingerprint density at radius 2 is 2.06 bits per heavy atom. The lowest BCUT2D eigenvalue weighted by atomic mass is 10.2. The molecule has 0 fully saturated rings. The van der Waals surface area contributed by atoms with Crippen molar-refractivity contribution in [1.29, 1.82) is 0 Å². The van der Waals surface area contributed by atoms with Gasteiger partial charge in [-0.2, -0.15) is 0 Å². The summed E-state index contributed by atoms with van der Waals surface area (Å²) in [7, 11) is -3.96. The Balaban J connectivity index is 3.39. The van der Waals surface area contributed by atoms with Crippen LogP contribution < -0.4 is 10.5 Å². The van der Waals surface area contributed by atoms with Gasteiger partial charge >= 0.3 is 0 Å². The second-order valence-corrected chi connectivity index (χ2v) is 5.39. The number of nitro benzene ring substituents is 1. The number of hydrogen-bond acceptors (Lipinski definition) is 5. The molecule has 0 heterocycles. The second kappa shape index (κ2) is 5.32. The number of primary sulfonamides is 1. The van der Waals surface area contributed by atoms with Gasteiger partial charge in [-0.25, -0.2) is 13.6 Å². The molecule has 100 valence electrons. The first-order valence-corrected chi connectivity index (χ1v) is 6.87. The van der Waals surface area contributed by atoms with E-state index in [0.29, 0.717) is 17.8 Å². The van der Waals surface area contributed by atoms with E-state index in [1.54, 1.807) is 6.92 Å². The Bertz CT molecular complexity index is 569. The number of rotatable bonds is 5. The molecule has 0 aliphatic carbocycles. The topological polar surface area (TPSA) is 115 Å². The first-order valence-electron chi connectivity index (χ1n) is 5.33. The smallest absolute Gasteiger partial charge is 0.293 e. The highest BCUT2D eigenvalue weighted by Gasteiger charge is 2.21. The van der Waals surface area contributed by atoms with Crippen LogP contribution in [0.1, 0.15) is 18.9 Å². The third kappa shape index (κ3) is 3.17. The molecule has 0 aliphatic rings. The lowest BCUT2D eigenvalue weighted by molar-refractivity contribution is -0.384. The van der Waals surface area contributed by atoms with Crippen molar-refractivity contribution < 1.29 is 13.3 Å². The van der Waals surface area contributed by atoms with E-state index in [4.69, 9.17) is 5.14 Å². The van der Waals surface area contributed by atoms with Crippen LogP contribution in [0.2, 0.25) is 0 Å². The summed E-state index contributed by atoms with van der Waals surface area (Å²) in [6, 6.07) is 2.41. The predicted molar refractivity (Wildman–Crippen MR) is 68.0 cm³/mol. The number of nitrogens with zero attached hydrogens (tertiary/aromatic N) is 1. The summed E-state index contributed by atoms with van der Waals surface area (Å²) in [6.45, 7) is 4.03. The van der Waals surface area contributed by atoms with Crippen LogP contribution in [0.25, 0.3) is 0 Å². The first kappa shape index (κ1) is 14.4. The minimum atomic E-state index is -3.96. The summed E-state index contributed by atoms with van der Waals surface area (Å²) in [5.74, 6) is 0. The van der Waals surface area contributed by atoms with Crippen molar-refractivity contribution in [3.63, 3.8) is 0 Å². The highest BCUT2D eigenvalue weighted by Crippen LogP contribution is 2.29. The number of nitrogens with two attached hydrogens (primary N) is 1. The van der Waals surface area contributed by atoms with Gasteiger partial charge in [0.2, 0.25) is 10.0 Å². The molecule has 1 aromatic rings. The zero-order valence-corrected chi connectivity index (χ0v) is 11.0. The molecule has 8 heteroatoms. The number of aryl methyl sites for hydroxylation is 1. The van der Waals surface area contributed by atoms with Crippen LogP contribution in [0.3, 0.4) is 0 Å². The number of sulfonamides is 1. The van der Waals surface area contributed by atoms with Crippen LogP contribution >= 0.6 is 0 Å². The van der Waals surface area contributed by atoms with Crippen molar-refractivity contribution in [1.82, 2.24) is 0 Å². The van der Waals surface area contributed by atoms with E-state index in [-0.39, 0.29) is 10.6 Å². The molecule has 0 aromatic heterocycles. The van der Waals surface area contributed by atoms with Crippen molar-refractivity contribution in [2.45, 2.75) is 25.2 Å². The van der Waals surface area contributed by atoms with Crippen LogP contribution in [0.4, 0.5) is 11.4 Å². The molecule has 3 N–H and O–H groups in total. The molecule has 0 spiro atoms. The lowest BCUT2D eigenvalue weighted by Crippen LogP contribution is -2.15. The van der Waals surface area contributed by atoms with E-state index in [9.17, 15) is 18.5 Å². The van der Waals surface area contributed by atoms with E-state index in [1.807, 2.05) is 6.92 Å². The van der Waals surface area contributed by atoms with Crippen molar-refractivity contribution in [3.8, 4) is 0 Å². The Kier molecular flexibility index (Phi) is 4.25. The van der Waals surface area contributed by atoms with E-state index in [2.05, 4.69) is 5.32 Å². The van der Waals surface area contributed by atoms with Gasteiger partial charge in [-0.3, -0.25) is 10.1 Å². The van der Waals surface area contributed by atoms with Crippen LogP contribution in [-0.4, -0.2) is 19.9 Å². The third-order valence-electron chi connectivity index (χ3n) is 2.36. The Hall–Kier alpha value is -1.67. The summed E-state index contributed by atoms with van der Waals surface area (Å²) in [5.41, 5.74) is 0.381. The van der Waals surface area contributed by atoms with Crippen molar-refractivity contribution in [2.75, 3.05) is 11.9 Å². The predicted octanol–water partition coefficient (Wildman–Crippen LogP) is 1.37. The first-order chi connectivity index (χ1) is 8.27. The maximum atomic E-state index is 11.3. The van der Waals surface area contributed by atoms with Gasteiger partial charge in [0.25, 0.3) is 5.69 Å². The van der Waals surface area contributed by atoms with Crippen molar-refractivity contribution >= 4 is 21.4 Å². The van der Waals surface area contributed by atoms with Gasteiger partial charge in [-0.15, -0.1) is 0 Å².